The normalized spacial score (nSPS) is 17.8. The Morgan fingerprint density at radius 2 is 2.46 bits per heavy atom. The Morgan fingerprint density at radius 1 is 1.62 bits per heavy atom. The standard InChI is InChI=1S/C9H11N3O/c13-8-10-9(2-3-9)4-7-12-6-1-5-11-12/h1,5-6H,2-4,7H2. The molecular weight excluding hydrogens is 166 g/mol. The molecule has 0 aromatic carbocycles. The molecule has 0 saturated heterocycles. The number of hydrogen-bond acceptors (Lipinski definition) is 3. The van der Waals surface area contributed by atoms with Crippen LogP contribution in [0.15, 0.2) is 23.5 Å². The molecule has 0 atom stereocenters. The summed E-state index contributed by atoms with van der Waals surface area (Å²) >= 11 is 0. The van der Waals surface area contributed by atoms with Crippen LogP contribution in [0.1, 0.15) is 19.3 Å². The van der Waals surface area contributed by atoms with E-state index in [0.717, 1.165) is 25.8 Å². The molecule has 1 aromatic heterocycles. The maximum Gasteiger partial charge on any atom is 0.235 e. The van der Waals surface area contributed by atoms with Gasteiger partial charge in [0.2, 0.25) is 6.08 Å². The molecule has 0 amide bonds. The fraction of sp³-hybridized carbons (Fsp3) is 0.556. The smallest absolute Gasteiger partial charge is 0.235 e. The molecule has 4 heteroatoms. The van der Waals surface area contributed by atoms with Crippen molar-refractivity contribution in [3.8, 4) is 0 Å². The van der Waals surface area contributed by atoms with Crippen molar-refractivity contribution in [2.45, 2.75) is 31.3 Å². The molecule has 0 spiro atoms. The highest BCUT2D eigenvalue weighted by Crippen LogP contribution is 2.42. The third kappa shape index (κ3) is 1.84. The monoisotopic (exact) mass is 177 g/mol. The van der Waals surface area contributed by atoms with Gasteiger partial charge in [-0.15, -0.1) is 0 Å². The van der Waals surface area contributed by atoms with Crippen molar-refractivity contribution in [1.29, 1.82) is 0 Å². The summed E-state index contributed by atoms with van der Waals surface area (Å²) in [7, 11) is 0. The minimum atomic E-state index is -0.0896. The molecule has 1 fully saturated rings. The van der Waals surface area contributed by atoms with E-state index in [1.54, 1.807) is 12.3 Å². The van der Waals surface area contributed by atoms with E-state index in [0.29, 0.717) is 0 Å². The van der Waals surface area contributed by atoms with Gasteiger partial charge in [0.05, 0.1) is 5.54 Å². The lowest BCUT2D eigenvalue weighted by Gasteiger charge is -2.06. The zero-order valence-corrected chi connectivity index (χ0v) is 7.31. The summed E-state index contributed by atoms with van der Waals surface area (Å²) in [6.07, 6.45) is 8.24. The van der Waals surface area contributed by atoms with Crippen LogP contribution < -0.4 is 0 Å². The van der Waals surface area contributed by atoms with Crippen LogP contribution in [0.3, 0.4) is 0 Å². The average molecular weight is 177 g/mol. The average Bonchev–Trinajstić information content (AvgIpc) is 2.71. The molecule has 1 aliphatic carbocycles. The van der Waals surface area contributed by atoms with Crippen molar-refractivity contribution in [1.82, 2.24) is 9.78 Å². The number of carbonyl (C=O) groups excluding carboxylic acids is 1. The molecule has 1 aromatic rings. The Labute approximate surface area is 76.3 Å². The van der Waals surface area contributed by atoms with E-state index >= 15 is 0 Å². The highest BCUT2D eigenvalue weighted by atomic mass is 16.1. The van der Waals surface area contributed by atoms with Crippen LogP contribution in [0.5, 0.6) is 0 Å². The van der Waals surface area contributed by atoms with Crippen LogP contribution >= 0.6 is 0 Å². The SMILES string of the molecule is O=C=NC1(CCn2cccn2)CC1. The van der Waals surface area contributed by atoms with Crippen LogP contribution in [0.2, 0.25) is 0 Å². The molecule has 0 N–H and O–H groups in total. The minimum Gasteiger partial charge on any atom is -0.273 e. The predicted octanol–water partition coefficient (Wildman–Crippen LogP) is 1.14. The van der Waals surface area contributed by atoms with Crippen molar-refractivity contribution in [3.05, 3.63) is 18.5 Å². The van der Waals surface area contributed by atoms with Crippen molar-refractivity contribution in [2.75, 3.05) is 0 Å². The Kier molecular flexibility index (Phi) is 1.99. The summed E-state index contributed by atoms with van der Waals surface area (Å²) in [5.41, 5.74) is -0.0896. The van der Waals surface area contributed by atoms with Crippen molar-refractivity contribution in [3.63, 3.8) is 0 Å². The maximum absolute atomic E-state index is 10.1. The topological polar surface area (TPSA) is 47.2 Å². The van der Waals surface area contributed by atoms with Crippen LogP contribution in [0.25, 0.3) is 0 Å². The van der Waals surface area contributed by atoms with E-state index in [9.17, 15) is 4.79 Å². The van der Waals surface area contributed by atoms with Crippen LogP contribution in [0.4, 0.5) is 0 Å². The second-order valence-corrected chi connectivity index (χ2v) is 3.45. The first-order valence-electron chi connectivity index (χ1n) is 4.41. The van der Waals surface area contributed by atoms with E-state index in [-0.39, 0.29) is 5.54 Å². The zero-order chi connectivity index (χ0) is 9.15. The van der Waals surface area contributed by atoms with Crippen molar-refractivity contribution >= 4 is 6.08 Å². The molecule has 13 heavy (non-hydrogen) atoms. The Bertz CT molecular complexity index is 321. The zero-order valence-electron chi connectivity index (χ0n) is 7.31. The third-order valence-corrected chi connectivity index (χ3v) is 2.48. The van der Waals surface area contributed by atoms with Gasteiger partial charge in [-0.05, 0) is 25.3 Å². The van der Waals surface area contributed by atoms with Crippen LogP contribution in [-0.2, 0) is 11.3 Å². The number of aliphatic imine (C=N–C) groups is 1. The highest BCUT2D eigenvalue weighted by molar-refractivity contribution is 5.36. The number of isocyanates is 1. The van der Waals surface area contributed by atoms with Gasteiger partial charge in [-0.2, -0.15) is 10.1 Å². The summed E-state index contributed by atoms with van der Waals surface area (Å²) in [5.74, 6) is 0. The first-order valence-corrected chi connectivity index (χ1v) is 4.41. The highest BCUT2D eigenvalue weighted by Gasteiger charge is 2.42. The molecule has 1 heterocycles. The maximum atomic E-state index is 10.1. The van der Waals surface area contributed by atoms with E-state index < -0.39 is 0 Å². The number of rotatable bonds is 4. The van der Waals surface area contributed by atoms with Gasteiger partial charge < -0.3 is 0 Å². The summed E-state index contributed by atoms with van der Waals surface area (Å²) in [6.45, 7) is 0.832. The number of hydrogen-bond donors (Lipinski definition) is 0. The Morgan fingerprint density at radius 3 is 3.00 bits per heavy atom. The van der Waals surface area contributed by atoms with E-state index in [4.69, 9.17) is 0 Å². The van der Waals surface area contributed by atoms with Crippen molar-refractivity contribution in [2.24, 2.45) is 4.99 Å². The van der Waals surface area contributed by atoms with Gasteiger partial charge in [-0.1, -0.05) is 0 Å². The first-order chi connectivity index (χ1) is 6.35. The summed E-state index contributed by atoms with van der Waals surface area (Å²) in [6, 6.07) is 1.89. The number of aromatic nitrogens is 2. The molecular formula is C9H11N3O. The largest absolute Gasteiger partial charge is 0.273 e. The second-order valence-electron chi connectivity index (χ2n) is 3.45. The van der Waals surface area contributed by atoms with E-state index in [1.165, 1.54) is 0 Å². The predicted molar refractivity (Wildman–Crippen MR) is 46.9 cm³/mol. The quantitative estimate of drug-likeness (QED) is 0.511. The molecule has 68 valence electrons. The summed E-state index contributed by atoms with van der Waals surface area (Å²) in [4.78, 5) is 13.9. The van der Waals surface area contributed by atoms with Crippen LogP contribution in [0, 0.1) is 0 Å². The lowest BCUT2D eigenvalue weighted by molar-refractivity contribution is 0.494. The van der Waals surface area contributed by atoms with Gasteiger partial charge in [-0.25, -0.2) is 4.79 Å². The molecule has 0 radical (unpaired) electrons. The van der Waals surface area contributed by atoms with Crippen molar-refractivity contribution < 1.29 is 4.79 Å². The molecule has 4 nitrogen and oxygen atoms in total. The second kappa shape index (κ2) is 3.15. The third-order valence-electron chi connectivity index (χ3n) is 2.48. The summed E-state index contributed by atoms with van der Waals surface area (Å²) < 4.78 is 1.86. The number of nitrogens with zero attached hydrogens (tertiary/aromatic N) is 3. The molecule has 2 rings (SSSR count). The Balaban J connectivity index is 1.89. The number of aryl methyl sites for hydroxylation is 1. The van der Waals surface area contributed by atoms with Gasteiger partial charge in [-0.3, -0.25) is 4.68 Å². The van der Waals surface area contributed by atoms with Gasteiger partial charge in [0.15, 0.2) is 0 Å². The molecule has 0 bridgehead atoms. The molecule has 1 aliphatic rings. The van der Waals surface area contributed by atoms with Gasteiger partial charge in [0.1, 0.15) is 0 Å². The lowest BCUT2D eigenvalue weighted by Crippen LogP contribution is -2.10. The van der Waals surface area contributed by atoms with Gasteiger partial charge >= 0.3 is 0 Å². The van der Waals surface area contributed by atoms with E-state index in [1.807, 2.05) is 16.9 Å². The van der Waals surface area contributed by atoms with Gasteiger partial charge in [0.25, 0.3) is 0 Å². The molecule has 1 saturated carbocycles. The molecule has 0 unspecified atom stereocenters. The Hall–Kier alpha value is -1.41. The van der Waals surface area contributed by atoms with Crippen LogP contribution in [-0.4, -0.2) is 21.4 Å². The summed E-state index contributed by atoms with van der Waals surface area (Å²) in [5, 5.41) is 4.08. The fourth-order valence-corrected chi connectivity index (χ4v) is 1.41. The van der Waals surface area contributed by atoms with E-state index in [2.05, 4.69) is 10.1 Å². The lowest BCUT2D eigenvalue weighted by atomic mass is 10.2. The fourth-order valence-electron chi connectivity index (χ4n) is 1.41. The van der Waals surface area contributed by atoms with Gasteiger partial charge in [0, 0.05) is 18.9 Å². The minimum absolute atomic E-state index is 0.0896. The molecule has 0 aliphatic heterocycles. The first kappa shape index (κ1) is 8.20.